The summed E-state index contributed by atoms with van der Waals surface area (Å²) in [6, 6.07) is 51.9. The predicted octanol–water partition coefficient (Wildman–Crippen LogP) is 8.72. The predicted molar refractivity (Wildman–Crippen MR) is 292 cm³/mol. The molecule has 5 atom stereocenters. The normalized spacial score (nSPS) is 17.0. The SMILES string of the molecule is CCOc1nc2cccc(C(=O)OC(C)(C)OC(=O)O[C@@H]3COC4[C@H](OC(=O)CCCC(CO[N+](=O)[O-])O[N+](=O)[O-])CO[C@@H]43)c2n1Cc1ccc(-c2ccccc2-c2nnnn2C(c2ccccc2)(c2ccccc2)c2ccccc2)cc1. The number of hydrogen-bond donors (Lipinski definition) is 0. The summed E-state index contributed by atoms with van der Waals surface area (Å²) < 4.78 is 43.8. The van der Waals surface area contributed by atoms with Crippen LogP contribution in [0.4, 0.5) is 4.79 Å². The number of hydrogen-bond acceptors (Lipinski definition) is 20. The van der Waals surface area contributed by atoms with Gasteiger partial charge in [-0.3, -0.25) is 9.36 Å². The van der Waals surface area contributed by atoms with Gasteiger partial charge in [0.05, 0.1) is 43.0 Å². The molecule has 0 bridgehead atoms. The van der Waals surface area contributed by atoms with Crippen molar-refractivity contribution in [1.82, 2.24) is 29.8 Å². The van der Waals surface area contributed by atoms with Gasteiger partial charge >= 0.3 is 18.1 Å². The highest BCUT2D eigenvalue weighted by Crippen LogP contribution is 2.44. The van der Waals surface area contributed by atoms with Crippen molar-refractivity contribution in [3.05, 3.63) is 206 Å². The summed E-state index contributed by atoms with van der Waals surface area (Å²) in [6.45, 7) is 4.16. The Balaban J connectivity index is 0.821. The van der Waals surface area contributed by atoms with E-state index in [1.54, 1.807) is 22.8 Å². The summed E-state index contributed by atoms with van der Waals surface area (Å²) in [6.07, 6.45) is -6.31. The summed E-state index contributed by atoms with van der Waals surface area (Å²) in [7, 11) is 0. The van der Waals surface area contributed by atoms with Gasteiger partial charge in [-0.15, -0.1) is 25.3 Å². The number of aromatic nitrogens is 6. The molecule has 8 aromatic rings. The van der Waals surface area contributed by atoms with Crippen molar-refractivity contribution in [2.45, 2.75) is 88.4 Å². The van der Waals surface area contributed by atoms with Gasteiger partial charge in [-0.05, 0) is 75.7 Å². The largest absolute Gasteiger partial charge is 0.512 e. The third-order valence-electron chi connectivity index (χ3n) is 14.0. The molecule has 2 fully saturated rings. The zero-order valence-electron chi connectivity index (χ0n) is 45.2. The molecule has 10 rings (SSSR count). The molecule has 2 aromatic heterocycles. The lowest BCUT2D eigenvalue weighted by atomic mass is 9.77. The second-order valence-corrected chi connectivity index (χ2v) is 19.8. The number of imidazole rings is 1. The number of rotatable bonds is 24. The molecule has 83 heavy (non-hydrogen) atoms. The summed E-state index contributed by atoms with van der Waals surface area (Å²) in [5, 5.41) is 32.9. The molecule has 0 saturated carbocycles. The van der Waals surface area contributed by atoms with Gasteiger partial charge in [0, 0.05) is 25.8 Å². The molecule has 0 radical (unpaired) electrons. The van der Waals surface area contributed by atoms with E-state index >= 15 is 0 Å². The monoisotopic (exact) mass is 1130 g/mol. The fourth-order valence-corrected chi connectivity index (χ4v) is 10.5. The Morgan fingerprint density at radius 1 is 0.723 bits per heavy atom. The van der Waals surface area contributed by atoms with Crippen molar-refractivity contribution in [2.75, 3.05) is 26.4 Å². The average Bonchev–Trinajstić information content (AvgIpc) is 2.43. The van der Waals surface area contributed by atoms with Crippen LogP contribution < -0.4 is 4.74 Å². The second-order valence-electron chi connectivity index (χ2n) is 19.8. The molecule has 24 nitrogen and oxygen atoms in total. The Kier molecular flexibility index (Phi) is 16.9. The van der Waals surface area contributed by atoms with E-state index in [0.717, 1.165) is 38.9 Å². The Morgan fingerprint density at radius 3 is 1.93 bits per heavy atom. The summed E-state index contributed by atoms with van der Waals surface area (Å²) >= 11 is 0. The number of fused-ring (bicyclic) bond motifs is 2. The van der Waals surface area contributed by atoms with E-state index in [1.165, 1.54) is 13.8 Å². The molecular weight excluding hydrogens is 1080 g/mol. The molecule has 428 valence electrons. The number of tetrazole rings is 1. The van der Waals surface area contributed by atoms with Crippen LogP contribution in [0.2, 0.25) is 0 Å². The van der Waals surface area contributed by atoms with Gasteiger partial charge in [-0.25, -0.2) is 14.3 Å². The lowest BCUT2D eigenvalue weighted by Gasteiger charge is -2.36. The van der Waals surface area contributed by atoms with E-state index in [1.807, 2.05) is 115 Å². The van der Waals surface area contributed by atoms with Crippen LogP contribution in [0.3, 0.4) is 0 Å². The van der Waals surface area contributed by atoms with Crippen molar-refractivity contribution in [2.24, 2.45) is 0 Å². The van der Waals surface area contributed by atoms with Crippen LogP contribution in [0.15, 0.2) is 158 Å². The van der Waals surface area contributed by atoms with E-state index in [0.29, 0.717) is 16.9 Å². The van der Waals surface area contributed by atoms with Crippen LogP contribution in [0.1, 0.15) is 72.6 Å². The lowest BCUT2D eigenvalue weighted by Crippen LogP contribution is -2.39. The van der Waals surface area contributed by atoms with E-state index in [4.69, 9.17) is 48.5 Å². The smallest absolute Gasteiger partial charge is 0.465 e. The molecule has 2 aliphatic rings. The van der Waals surface area contributed by atoms with Crippen molar-refractivity contribution < 1.29 is 67.4 Å². The number of nitrogens with zero attached hydrogens (tertiary/aromatic N) is 8. The number of para-hydroxylation sites is 1. The highest BCUT2D eigenvalue weighted by Gasteiger charge is 2.52. The van der Waals surface area contributed by atoms with Gasteiger partial charge < -0.3 is 42.8 Å². The number of benzene rings is 6. The van der Waals surface area contributed by atoms with Crippen molar-refractivity contribution in [1.29, 1.82) is 0 Å². The maximum absolute atomic E-state index is 14.2. The highest BCUT2D eigenvalue weighted by atomic mass is 17.0. The Labute approximate surface area is 473 Å². The Hall–Kier alpha value is -9.81. The molecule has 2 unspecified atom stereocenters. The highest BCUT2D eigenvalue weighted by molar-refractivity contribution is 6.02. The third-order valence-corrected chi connectivity index (χ3v) is 14.0. The molecule has 2 aliphatic heterocycles. The average molecular weight is 1130 g/mol. The topological polar surface area (TPSA) is 282 Å². The first kappa shape index (κ1) is 56.5. The van der Waals surface area contributed by atoms with Crippen molar-refractivity contribution in [3.63, 3.8) is 0 Å². The third kappa shape index (κ3) is 12.4. The second kappa shape index (κ2) is 24.9. The summed E-state index contributed by atoms with van der Waals surface area (Å²) in [5.41, 5.74) is 6.37. The molecule has 4 heterocycles. The minimum absolute atomic E-state index is 0.0221. The van der Waals surface area contributed by atoms with Crippen molar-refractivity contribution >= 4 is 29.1 Å². The molecular formula is C59H56N8O16. The molecule has 6 aromatic carbocycles. The van der Waals surface area contributed by atoms with Gasteiger partial charge in [0.25, 0.3) is 22.0 Å². The van der Waals surface area contributed by atoms with Crippen LogP contribution in [0.25, 0.3) is 33.5 Å². The zero-order chi connectivity index (χ0) is 58.1. The van der Waals surface area contributed by atoms with E-state index in [9.17, 15) is 34.6 Å². The first-order chi connectivity index (χ1) is 40.2. The maximum Gasteiger partial charge on any atom is 0.512 e. The number of carbonyl (C=O) groups is 3. The van der Waals surface area contributed by atoms with Gasteiger partial charge in [0.15, 0.2) is 18.0 Å². The first-order valence-electron chi connectivity index (χ1n) is 26.6. The molecule has 24 heteroatoms. The van der Waals surface area contributed by atoms with Crippen LogP contribution in [0, 0.1) is 20.2 Å². The van der Waals surface area contributed by atoms with Crippen LogP contribution in [-0.2, 0) is 55.0 Å². The van der Waals surface area contributed by atoms with E-state index < -0.39 is 76.7 Å². The van der Waals surface area contributed by atoms with Gasteiger partial charge in [0.1, 0.15) is 30.5 Å². The summed E-state index contributed by atoms with van der Waals surface area (Å²) in [4.78, 5) is 74.8. The first-order valence-corrected chi connectivity index (χ1v) is 26.6. The Morgan fingerprint density at radius 2 is 1.33 bits per heavy atom. The fraction of sp³-hybridized carbons (Fsp3) is 0.305. The van der Waals surface area contributed by atoms with Gasteiger partial charge in [-0.2, -0.15) is 4.98 Å². The molecule has 2 saturated heterocycles. The van der Waals surface area contributed by atoms with E-state index in [-0.39, 0.29) is 57.2 Å². The summed E-state index contributed by atoms with van der Waals surface area (Å²) in [5.74, 6) is -2.84. The number of carbonyl (C=O) groups excluding carboxylic acids is 3. The van der Waals surface area contributed by atoms with Gasteiger partial charge in [0.2, 0.25) is 0 Å². The standard InChI is InChI=1S/C59H56N8O16/c1-4-75-56-60-47-28-17-27-46(55(69)81-58(2,3)82-57(70)80-49-37-77-52-48(36-76-53(49)52)79-50(68)29-16-24-43(83-67(73)74)35-78-66(71)72)51(47)64(56)34-38-30-32-39(33-31-38)44-25-14-15-26-45(44)54-61-62-63-65(54)59(40-18-8-5-9-19-40,41-20-10-6-11-21-41)42-22-12-7-13-23-42/h5-15,17-23,25-28,30-33,43,48-49,52-53H,4,16,24,29,34-37H2,1-3H3/t43?,48-,49-,52?,53-/m1/s1. The Bertz CT molecular complexity index is 3490. The quantitative estimate of drug-likeness (QED) is 0.0136. The molecule has 0 N–H and O–H groups in total. The van der Waals surface area contributed by atoms with Crippen LogP contribution in [-0.4, -0.2) is 121 Å². The maximum atomic E-state index is 14.2. The fourth-order valence-electron chi connectivity index (χ4n) is 10.5. The van der Waals surface area contributed by atoms with Gasteiger partial charge in [-0.1, -0.05) is 146 Å². The van der Waals surface area contributed by atoms with Crippen LogP contribution >= 0.6 is 0 Å². The number of esters is 2. The van der Waals surface area contributed by atoms with E-state index in [2.05, 4.69) is 51.3 Å². The molecule has 0 spiro atoms. The number of ether oxygens (including phenoxy) is 7. The van der Waals surface area contributed by atoms with Crippen LogP contribution in [0.5, 0.6) is 6.01 Å². The minimum atomic E-state index is -1.86. The minimum Gasteiger partial charge on any atom is -0.465 e. The van der Waals surface area contributed by atoms with Crippen molar-refractivity contribution in [3.8, 4) is 28.5 Å². The molecule has 0 amide bonds. The molecule has 0 aliphatic carbocycles. The zero-order valence-corrected chi connectivity index (χ0v) is 45.2. The lowest BCUT2D eigenvalue weighted by molar-refractivity contribution is -0.790.